The molecule has 0 fully saturated rings. The second kappa shape index (κ2) is 5.10. The number of methoxy groups -OCH3 is 1. The summed E-state index contributed by atoms with van der Waals surface area (Å²) in [7, 11) is 1.43. The molecule has 1 aromatic carbocycles. The molecule has 0 atom stereocenters. The van der Waals surface area contributed by atoms with E-state index in [1.54, 1.807) is 12.1 Å². The van der Waals surface area contributed by atoms with Crippen molar-refractivity contribution in [1.82, 2.24) is 4.98 Å². The molecule has 1 aromatic heterocycles. The number of nitrogens with two attached hydrogens (primary N) is 1. The highest BCUT2D eigenvalue weighted by Crippen LogP contribution is 2.41. The standard InChI is InChI=1S/C12H11BrF3N3O/c1-5-9(19-17)8-7(20-2)4-3-6(13)10(8)18-11(5)12(14,15)16/h3-4H,17H2,1-2H3,(H,18,19). The molecule has 0 radical (unpaired) electrons. The van der Waals surface area contributed by atoms with Gasteiger partial charge in [-0.05, 0) is 35.0 Å². The highest BCUT2D eigenvalue weighted by molar-refractivity contribution is 9.10. The van der Waals surface area contributed by atoms with Crippen molar-refractivity contribution in [3.8, 4) is 5.75 Å². The minimum absolute atomic E-state index is 0.0797. The molecular weight excluding hydrogens is 339 g/mol. The van der Waals surface area contributed by atoms with Crippen LogP contribution in [0.25, 0.3) is 10.9 Å². The molecular formula is C12H11BrF3N3O. The number of halogens is 4. The van der Waals surface area contributed by atoms with Crippen molar-refractivity contribution in [2.24, 2.45) is 5.84 Å². The number of hydrogen-bond donors (Lipinski definition) is 2. The van der Waals surface area contributed by atoms with E-state index in [9.17, 15) is 13.2 Å². The fraction of sp³-hybridized carbons (Fsp3) is 0.250. The maximum atomic E-state index is 13.0. The number of nitrogens with one attached hydrogen (secondary N) is 1. The van der Waals surface area contributed by atoms with Crippen LogP contribution in [0, 0.1) is 6.92 Å². The molecule has 0 aliphatic carbocycles. The second-order valence-electron chi connectivity index (χ2n) is 4.08. The number of ether oxygens (including phenoxy) is 1. The first-order chi connectivity index (χ1) is 9.31. The Morgan fingerprint density at radius 1 is 1.35 bits per heavy atom. The van der Waals surface area contributed by atoms with E-state index in [4.69, 9.17) is 10.6 Å². The number of fused-ring (bicyclic) bond motifs is 1. The maximum Gasteiger partial charge on any atom is 0.433 e. The fourth-order valence-corrected chi connectivity index (χ4v) is 2.45. The molecule has 2 aromatic rings. The van der Waals surface area contributed by atoms with Crippen molar-refractivity contribution >= 4 is 32.5 Å². The van der Waals surface area contributed by atoms with Gasteiger partial charge in [-0.3, -0.25) is 5.84 Å². The number of anilines is 1. The number of aromatic nitrogens is 1. The molecule has 108 valence electrons. The Hall–Kier alpha value is -1.54. The van der Waals surface area contributed by atoms with Gasteiger partial charge in [-0.25, -0.2) is 4.98 Å². The number of hydrazine groups is 1. The summed E-state index contributed by atoms with van der Waals surface area (Å²) in [4.78, 5) is 3.72. The van der Waals surface area contributed by atoms with Gasteiger partial charge in [0.2, 0.25) is 0 Å². The molecule has 0 spiro atoms. The third-order valence-electron chi connectivity index (χ3n) is 2.93. The Morgan fingerprint density at radius 3 is 2.50 bits per heavy atom. The Balaban J connectivity index is 2.99. The van der Waals surface area contributed by atoms with Gasteiger partial charge in [0.1, 0.15) is 11.4 Å². The van der Waals surface area contributed by atoms with Gasteiger partial charge in [-0.1, -0.05) is 0 Å². The molecule has 0 saturated carbocycles. The van der Waals surface area contributed by atoms with Crippen LogP contribution in [0.3, 0.4) is 0 Å². The van der Waals surface area contributed by atoms with Crippen molar-refractivity contribution in [2.45, 2.75) is 13.1 Å². The van der Waals surface area contributed by atoms with Crippen LogP contribution in [0.5, 0.6) is 5.75 Å². The number of benzene rings is 1. The Labute approximate surface area is 121 Å². The molecule has 2 rings (SSSR count). The molecule has 8 heteroatoms. The summed E-state index contributed by atoms with van der Waals surface area (Å²) >= 11 is 3.20. The van der Waals surface area contributed by atoms with Crippen molar-refractivity contribution < 1.29 is 17.9 Å². The van der Waals surface area contributed by atoms with Crippen LogP contribution in [0.15, 0.2) is 16.6 Å². The molecule has 0 amide bonds. The third-order valence-corrected chi connectivity index (χ3v) is 3.57. The number of alkyl halides is 3. The molecule has 0 aliphatic rings. The summed E-state index contributed by atoms with van der Waals surface area (Å²) in [6.07, 6.45) is -4.56. The number of rotatable bonds is 2. The number of nitrogens with zero attached hydrogens (tertiary/aromatic N) is 1. The minimum Gasteiger partial charge on any atom is -0.496 e. The van der Waals surface area contributed by atoms with Gasteiger partial charge < -0.3 is 10.2 Å². The minimum atomic E-state index is -4.56. The summed E-state index contributed by atoms with van der Waals surface area (Å²) in [5, 5.41) is 0.398. The van der Waals surface area contributed by atoms with Gasteiger partial charge in [-0.2, -0.15) is 13.2 Å². The van der Waals surface area contributed by atoms with Crippen LogP contribution in [0.1, 0.15) is 11.3 Å². The molecule has 0 unspecified atom stereocenters. The van der Waals surface area contributed by atoms with Gasteiger partial charge in [0, 0.05) is 10.0 Å². The van der Waals surface area contributed by atoms with Crippen molar-refractivity contribution in [3.05, 3.63) is 27.9 Å². The summed E-state index contributed by atoms with van der Waals surface area (Å²) < 4.78 is 44.7. The smallest absolute Gasteiger partial charge is 0.433 e. The zero-order valence-corrected chi connectivity index (χ0v) is 12.2. The quantitative estimate of drug-likeness (QED) is 0.642. The summed E-state index contributed by atoms with van der Waals surface area (Å²) in [5.41, 5.74) is 1.53. The lowest BCUT2D eigenvalue weighted by atomic mass is 10.1. The Bertz CT molecular complexity index is 673. The molecule has 1 heterocycles. The monoisotopic (exact) mass is 349 g/mol. The second-order valence-corrected chi connectivity index (χ2v) is 4.93. The topological polar surface area (TPSA) is 60.2 Å². The lowest BCUT2D eigenvalue weighted by molar-refractivity contribution is -0.141. The van der Waals surface area contributed by atoms with Crippen LogP contribution in [-0.4, -0.2) is 12.1 Å². The average molecular weight is 350 g/mol. The first kappa shape index (κ1) is 14.9. The summed E-state index contributed by atoms with van der Waals surface area (Å²) in [6, 6.07) is 3.20. The van der Waals surface area contributed by atoms with Crippen LogP contribution < -0.4 is 16.0 Å². The van der Waals surface area contributed by atoms with Crippen LogP contribution >= 0.6 is 15.9 Å². The maximum absolute atomic E-state index is 13.0. The lowest BCUT2D eigenvalue weighted by Gasteiger charge is -2.18. The first-order valence-electron chi connectivity index (χ1n) is 5.51. The predicted octanol–water partition coefficient (Wildman–Crippen LogP) is 3.62. The van der Waals surface area contributed by atoms with E-state index in [1.165, 1.54) is 14.0 Å². The lowest BCUT2D eigenvalue weighted by Crippen LogP contribution is -2.16. The predicted molar refractivity (Wildman–Crippen MR) is 73.5 cm³/mol. The molecule has 4 nitrogen and oxygen atoms in total. The summed E-state index contributed by atoms with van der Waals surface area (Å²) in [6.45, 7) is 1.31. The van der Waals surface area contributed by atoms with Gasteiger partial charge in [-0.15, -0.1) is 0 Å². The average Bonchev–Trinajstić information content (AvgIpc) is 2.37. The highest BCUT2D eigenvalue weighted by Gasteiger charge is 2.36. The largest absolute Gasteiger partial charge is 0.496 e. The van der Waals surface area contributed by atoms with E-state index in [0.29, 0.717) is 15.6 Å². The Kier molecular flexibility index (Phi) is 3.79. The van der Waals surface area contributed by atoms with Gasteiger partial charge in [0.05, 0.1) is 23.7 Å². The van der Waals surface area contributed by atoms with E-state index in [-0.39, 0.29) is 16.8 Å². The van der Waals surface area contributed by atoms with E-state index >= 15 is 0 Å². The molecule has 0 bridgehead atoms. The number of pyridine rings is 1. The number of hydrogen-bond acceptors (Lipinski definition) is 4. The van der Waals surface area contributed by atoms with Gasteiger partial charge in [0.15, 0.2) is 0 Å². The normalized spacial score (nSPS) is 11.8. The molecule has 3 N–H and O–H groups in total. The van der Waals surface area contributed by atoms with E-state index in [2.05, 4.69) is 26.3 Å². The van der Waals surface area contributed by atoms with Crippen molar-refractivity contribution in [3.63, 3.8) is 0 Å². The summed E-state index contributed by atoms with van der Waals surface area (Å²) in [5.74, 6) is 5.78. The fourth-order valence-electron chi connectivity index (χ4n) is 2.03. The zero-order chi connectivity index (χ0) is 15.1. The van der Waals surface area contributed by atoms with E-state index < -0.39 is 11.9 Å². The number of nitrogen functional groups attached to an aromatic ring is 1. The highest BCUT2D eigenvalue weighted by atomic mass is 79.9. The Morgan fingerprint density at radius 2 is 2.00 bits per heavy atom. The van der Waals surface area contributed by atoms with Gasteiger partial charge >= 0.3 is 6.18 Å². The third kappa shape index (κ3) is 2.29. The molecule has 0 aliphatic heterocycles. The van der Waals surface area contributed by atoms with E-state index in [0.717, 1.165) is 0 Å². The van der Waals surface area contributed by atoms with Crippen molar-refractivity contribution in [1.29, 1.82) is 0 Å². The molecule has 0 saturated heterocycles. The van der Waals surface area contributed by atoms with Crippen molar-refractivity contribution in [2.75, 3.05) is 12.5 Å². The van der Waals surface area contributed by atoms with Crippen LogP contribution in [0.2, 0.25) is 0 Å². The SMILES string of the molecule is COc1ccc(Br)c2nc(C(F)(F)F)c(C)c(NN)c12. The van der Waals surface area contributed by atoms with E-state index in [1.807, 2.05) is 0 Å². The first-order valence-corrected chi connectivity index (χ1v) is 6.31. The zero-order valence-electron chi connectivity index (χ0n) is 10.6. The molecule has 20 heavy (non-hydrogen) atoms. The van der Waals surface area contributed by atoms with Crippen LogP contribution in [0.4, 0.5) is 18.9 Å². The van der Waals surface area contributed by atoms with Gasteiger partial charge in [0.25, 0.3) is 0 Å². The van der Waals surface area contributed by atoms with Crippen LogP contribution in [-0.2, 0) is 6.18 Å².